The summed E-state index contributed by atoms with van der Waals surface area (Å²) in [5, 5.41) is 2.90. The van der Waals surface area contributed by atoms with Crippen LogP contribution in [0.5, 0.6) is 0 Å². The average molecular weight is 536 g/mol. The van der Waals surface area contributed by atoms with Gasteiger partial charge in [-0.05, 0) is 57.0 Å². The number of amides is 2. The summed E-state index contributed by atoms with van der Waals surface area (Å²) in [5.41, 5.74) is 3.19. The highest BCUT2D eigenvalue weighted by Crippen LogP contribution is 2.24. The van der Waals surface area contributed by atoms with Gasteiger partial charge in [-0.1, -0.05) is 79.1 Å². The molecule has 3 rings (SSSR count). The van der Waals surface area contributed by atoms with Crippen LogP contribution in [0.1, 0.15) is 43.4 Å². The SMILES string of the molecule is CCCCNC(=O)[C@@H](C)N(Cc1cccc(C)c1)C(=O)CN(c1ccccc1)S(=O)(=O)c1ccc(C)cc1. The molecule has 7 nitrogen and oxygen atoms in total. The number of aryl methyl sites for hydroxylation is 2. The fourth-order valence-electron chi connectivity index (χ4n) is 4.09. The summed E-state index contributed by atoms with van der Waals surface area (Å²) in [4.78, 5) is 28.4. The number of carbonyl (C=O) groups is 2. The van der Waals surface area contributed by atoms with Gasteiger partial charge in [-0.3, -0.25) is 13.9 Å². The van der Waals surface area contributed by atoms with E-state index in [0.29, 0.717) is 12.2 Å². The molecule has 0 aliphatic heterocycles. The van der Waals surface area contributed by atoms with E-state index in [4.69, 9.17) is 0 Å². The third-order valence-corrected chi connectivity index (χ3v) is 8.15. The minimum absolute atomic E-state index is 0.0929. The van der Waals surface area contributed by atoms with E-state index < -0.39 is 28.5 Å². The molecule has 0 aliphatic carbocycles. The number of rotatable bonds is 12. The quantitative estimate of drug-likeness (QED) is 0.337. The van der Waals surface area contributed by atoms with Crippen LogP contribution in [0.2, 0.25) is 0 Å². The molecule has 3 aromatic carbocycles. The number of para-hydroxylation sites is 1. The van der Waals surface area contributed by atoms with Crippen LogP contribution in [0, 0.1) is 13.8 Å². The molecule has 8 heteroatoms. The largest absolute Gasteiger partial charge is 0.354 e. The molecule has 202 valence electrons. The molecule has 0 radical (unpaired) electrons. The normalized spacial score (nSPS) is 12.0. The number of anilines is 1. The highest BCUT2D eigenvalue weighted by atomic mass is 32.2. The van der Waals surface area contributed by atoms with Gasteiger partial charge in [0.25, 0.3) is 10.0 Å². The molecular weight excluding hydrogens is 498 g/mol. The molecule has 0 aromatic heterocycles. The zero-order chi connectivity index (χ0) is 27.7. The maximum Gasteiger partial charge on any atom is 0.264 e. The third kappa shape index (κ3) is 7.44. The van der Waals surface area contributed by atoms with Gasteiger partial charge >= 0.3 is 0 Å². The number of unbranched alkanes of at least 4 members (excludes halogenated alkanes) is 1. The Morgan fingerprint density at radius 1 is 0.895 bits per heavy atom. The Balaban J connectivity index is 1.97. The Bertz CT molecular complexity index is 1330. The Morgan fingerprint density at radius 3 is 2.21 bits per heavy atom. The van der Waals surface area contributed by atoms with Crippen molar-refractivity contribution < 1.29 is 18.0 Å². The molecule has 1 atom stereocenters. The molecule has 38 heavy (non-hydrogen) atoms. The minimum Gasteiger partial charge on any atom is -0.354 e. The predicted octanol–water partition coefficient (Wildman–Crippen LogP) is 4.83. The van der Waals surface area contributed by atoms with Crippen molar-refractivity contribution in [1.29, 1.82) is 0 Å². The second kappa shape index (κ2) is 13.2. The van der Waals surface area contributed by atoms with Gasteiger partial charge in [0.2, 0.25) is 11.8 Å². The van der Waals surface area contributed by atoms with E-state index in [1.54, 1.807) is 61.5 Å². The zero-order valence-corrected chi connectivity index (χ0v) is 23.4. The maximum atomic E-state index is 13.9. The molecule has 2 amide bonds. The fourth-order valence-corrected chi connectivity index (χ4v) is 5.50. The molecule has 0 aliphatic rings. The minimum atomic E-state index is -4.06. The van der Waals surface area contributed by atoms with Crippen molar-refractivity contribution in [3.63, 3.8) is 0 Å². The molecule has 0 saturated carbocycles. The van der Waals surface area contributed by atoms with Gasteiger partial charge in [-0.2, -0.15) is 0 Å². The maximum absolute atomic E-state index is 13.9. The van der Waals surface area contributed by atoms with Gasteiger partial charge in [-0.15, -0.1) is 0 Å². The zero-order valence-electron chi connectivity index (χ0n) is 22.6. The topological polar surface area (TPSA) is 86.8 Å². The van der Waals surface area contributed by atoms with Gasteiger partial charge in [0.1, 0.15) is 12.6 Å². The van der Waals surface area contributed by atoms with Crippen molar-refractivity contribution in [3.05, 3.63) is 95.6 Å². The van der Waals surface area contributed by atoms with Gasteiger partial charge in [-0.25, -0.2) is 8.42 Å². The molecule has 3 aromatic rings. The number of carbonyl (C=O) groups excluding carboxylic acids is 2. The Kier molecular flexibility index (Phi) is 10.1. The second-order valence-electron chi connectivity index (χ2n) is 9.49. The van der Waals surface area contributed by atoms with Gasteiger partial charge in [0, 0.05) is 13.1 Å². The van der Waals surface area contributed by atoms with Crippen molar-refractivity contribution in [2.45, 2.75) is 58.0 Å². The summed E-state index contributed by atoms with van der Waals surface area (Å²) in [7, 11) is -4.06. The highest BCUT2D eigenvalue weighted by Gasteiger charge is 2.32. The number of benzene rings is 3. The first-order valence-corrected chi connectivity index (χ1v) is 14.3. The smallest absolute Gasteiger partial charge is 0.264 e. The lowest BCUT2D eigenvalue weighted by Crippen LogP contribution is -2.51. The molecule has 0 bridgehead atoms. The summed E-state index contributed by atoms with van der Waals surface area (Å²) in [6.45, 7) is 7.80. The predicted molar refractivity (Wildman–Crippen MR) is 151 cm³/mol. The number of nitrogens with one attached hydrogen (secondary N) is 1. The average Bonchev–Trinajstić information content (AvgIpc) is 2.90. The Hall–Kier alpha value is -3.65. The summed E-state index contributed by atoms with van der Waals surface area (Å²) >= 11 is 0. The number of nitrogens with zero attached hydrogens (tertiary/aromatic N) is 2. The van der Waals surface area contributed by atoms with Crippen LogP contribution in [0.3, 0.4) is 0 Å². The lowest BCUT2D eigenvalue weighted by atomic mass is 10.1. The van der Waals surface area contributed by atoms with E-state index in [-0.39, 0.29) is 17.3 Å². The van der Waals surface area contributed by atoms with Gasteiger partial charge in [0.15, 0.2) is 0 Å². The molecule has 0 fully saturated rings. The van der Waals surface area contributed by atoms with Crippen LogP contribution in [0.4, 0.5) is 5.69 Å². The lowest BCUT2D eigenvalue weighted by molar-refractivity contribution is -0.139. The summed E-state index contributed by atoms with van der Waals surface area (Å²) in [6.07, 6.45) is 1.77. The van der Waals surface area contributed by atoms with Crippen LogP contribution < -0.4 is 9.62 Å². The van der Waals surface area contributed by atoms with Crippen LogP contribution >= 0.6 is 0 Å². The molecule has 0 unspecified atom stereocenters. The van der Waals surface area contributed by atoms with E-state index >= 15 is 0 Å². The van der Waals surface area contributed by atoms with Crippen molar-refractivity contribution in [2.75, 3.05) is 17.4 Å². The van der Waals surface area contributed by atoms with E-state index in [9.17, 15) is 18.0 Å². The van der Waals surface area contributed by atoms with Crippen LogP contribution in [0.25, 0.3) is 0 Å². The first-order valence-electron chi connectivity index (χ1n) is 12.9. The monoisotopic (exact) mass is 535 g/mol. The van der Waals surface area contributed by atoms with E-state index in [2.05, 4.69) is 5.32 Å². The molecule has 0 heterocycles. The Morgan fingerprint density at radius 2 is 1.58 bits per heavy atom. The molecule has 0 spiro atoms. The van der Waals surface area contributed by atoms with E-state index in [0.717, 1.165) is 33.8 Å². The van der Waals surface area contributed by atoms with E-state index in [1.807, 2.05) is 45.0 Å². The number of hydrogen-bond donors (Lipinski definition) is 1. The van der Waals surface area contributed by atoms with Crippen LogP contribution in [-0.2, 0) is 26.2 Å². The van der Waals surface area contributed by atoms with Crippen molar-refractivity contribution >= 4 is 27.5 Å². The van der Waals surface area contributed by atoms with Crippen LogP contribution in [-0.4, -0.2) is 44.3 Å². The second-order valence-corrected chi connectivity index (χ2v) is 11.4. The van der Waals surface area contributed by atoms with E-state index in [1.165, 1.54) is 4.90 Å². The number of hydrogen-bond acceptors (Lipinski definition) is 4. The molecule has 1 N–H and O–H groups in total. The molecular formula is C30H37N3O4S. The van der Waals surface area contributed by atoms with Gasteiger partial charge in [0.05, 0.1) is 10.6 Å². The first-order chi connectivity index (χ1) is 18.1. The lowest BCUT2D eigenvalue weighted by Gasteiger charge is -2.32. The van der Waals surface area contributed by atoms with Crippen molar-refractivity contribution in [1.82, 2.24) is 10.2 Å². The highest BCUT2D eigenvalue weighted by molar-refractivity contribution is 7.92. The van der Waals surface area contributed by atoms with Crippen molar-refractivity contribution in [2.24, 2.45) is 0 Å². The molecule has 0 saturated heterocycles. The fraction of sp³-hybridized carbons (Fsp3) is 0.333. The van der Waals surface area contributed by atoms with Crippen LogP contribution in [0.15, 0.2) is 83.8 Å². The summed E-state index contributed by atoms with van der Waals surface area (Å²) < 4.78 is 28.6. The summed E-state index contributed by atoms with van der Waals surface area (Å²) in [5.74, 6) is -0.740. The van der Waals surface area contributed by atoms with Gasteiger partial charge < -0.3 is 10.2 Å². The Labute approximate surface area is 226 Å². The van der Waals surface area contributed by atoms with Crippen molar-refractivity contribution in [3.8, 4) is 0 Å². The standard InChI is InChI=1S/C30H37N3O4S/c1-5-6-19-31-30(35)25(4)32(21-26-12-10-11-24(3)20-26)29(34)22-33(27-13-8-7-9-14-27)38(36,37)28-17-15-23(2)16-18-28/h7-18,20,25H,5-6,19,21-22H2,1-4H3,(H,31,35)/t25-/m1/s1. The summed E-state index contributed by atoms with van der Waals surface area (Å²) in [6, 6.07) is 22.0. The first kappa shape index (κ1) is 28.9. The number of sulfonamides is 1. The third-order valence-electron chi connectivity index (χ3n) is 6.36.